The minimum absolute atomic E-state index is 0.0339. The fourth-order valence-corrected chi connectivity index (χ4v) is 2.19. The van der Waals surface area contributed by atoms with E-state index in [-0.39, 0.29) is 53.5 Å². The van der Waals surface area contributed by atoms with Gasteiger partial charge in [0.1, 0.15) is 11.3 Å². The fourth-order valence-electron chi connectivity index (χ4n) is 2.19. The second-order valence-electron chi connectivity index (χ2n) is 5.01. The second kappa shape index (κ2) is 8.80. The van der Waals surface area contributed by atoms with E-state index in [1.165, 1.54) is 26.4 Å². The minimum Gasteiger partial charge on any atom is -0.481 e. The molecule has 0 saturated heterocycles. The van der Waals surface area contributed by atoms with Crippen LogP contribution in [0.1, 0.15) is 41.0 Å². The van der Waals surface area contributed by atoms with Crippen LogP contribution < -0.4 is 14.2 Å². The molecule has 0 saturated carbocycles. The monoisotopic (exact) mass is 360 g/mol. The Kier molecular flexibility index (Phi) is 6.48. The molecule has 2 rings (SSSR count). The molecule has 26 heavy (non-hydrogen) atoms. The molecule has 0 aliphatic heterocycles. The van der Waals surface area contributed by atoms with Crippen LogP contribution in [0.3, 0.4) is 0 Å². The Morgan fingerprint density at radius 1 is 1.04 bits per heavy atom. The fraction of sp³-hybridized carbons (Fsp3) is 0.333. The largest absolute Gasteiger partial charge is 0.481 e. The number of nitrogens with zero attached hydrogens (tertiary/aromatic N) is 2. The van der Waals surface area contributed by atoms with Crippen LogP contribution in [0.5, 0.6) is 23.5 Å². The van der Waals surface area contributed by atoms with E-state index in [4.69, 9.17) is 18.9 Å². The predicted octanol–water partition coefficient (Wildman–Crippen LogP) is 3.06. The van der Waals surface area contributed by atoms with Crippen molar-refractivity contribution in [3.05, 3.63) is 35.4 Å². The van der Waals surface area contributed by atoms with Crippen LogP contribution in [0.4, 0.5) is 0 Å². The van der Waals surface area contributed by atoms with Crippen molar-refractivity contribution in [2.45, 2.75) is 20.3 Å². The highest BCUT2D eigenvalue weighted by Crippen LogP contribution is 2.29. The number of esters is 1. The van der Waals surface area contributed by atoms with Crippen molar-refractivity contribution < 1.29 is 28.5 Å². The van der Waals surface area contributed by atoms with Gasteiger partial charge in [0.2, 0.25) is 11.8 Å². The van der Waals surface area contributed by atoms with Gasteiger partial charge in [-0.2, -0.15) is 9.97 Å². The summed E-state index contributed by atoms with van der Waals surface area (Å²) < 4.78 is 20.9. The molecule has 1 aromatic carbocycles. The molecule has 0 unspecified atom stereocenters. The smallest absolute Gasteiger partial charge is 0.342 e. The highest BCUT2D eigenvalue weighted by molar-refractivity contribution is 6.07. The van der Waals surface area contributed by atoms with Gasteiger partial charge < -0.3 is 18.9 Å². The SMILES string of the molecule is CCOC(=O)c1c(Oc2nc(OC)cc(OC)n2)cccc1C(=O)CC. The summed E-state index contributed by atoms with van der Waals surface area (Å²) in [7, 11) is 2.88. The number of hydrogen-bond donors (Lipinski definition) is 0. The summed E-state index contributed by atoms with van der Waals surface area (Å²) in [5.41, 5.74) is 0.255. The van der Waals surface area contributed by atoms with Gasteiger partial charge in [0.15, 0.2) is 5.78 Å². The van der Waals surface area contributed by atoms with Crippen LogP contribution in [-0.4, -0.2) is 42.5 Å². The van der Waals surface area contributed by atoms with E-state index in [1.54, 1.807) is 26.0 Å². The number of ketones is 1. The molecular formula is C18H20N2O6. The molecule has 1 aromatic heterocycles. The van der Waals surface area contributed by atoms with Gasteiger partial charge in [-0.25, -0.2) is 4.79 Å². The van der Waals surface area contributed by atoms with Gasteiger partial charge >= 0.3 is 12.0 Å². The third-order valence-electron chi connectivity index (χ3n) is 3.41. The zero-order valence-corrected chi connectivity index (χ0v) is 15.1. The van der Waals surface area contributed by atoms with E-state index >= 15 is 0 Å². The van der Waals surface area contributed by atoms with Gasteiger partial charge in [0, 0.05) is 12.0 Å². The quantitative estimate of drug-likeness (QED) is 0.523. The highest BCUT2D eigenvalue weighted by Gasteiger charge is 2.23. The Morgan fingerprint density at radius 3 is 2.23 bits per heavy atom. The molecule has 1 heterocycles. The normalized spacial score (nSPS) is 10.2. The van der Waals surface area contributed by atoms with E-state index < -0.39 is 5.97 Å². The lowest BCUT2D eigenvalue weighted by molar-refractivity contribution is 0.0520. The van der Waals surface area contributed by atoms with Crippen molar-refractivity contribution in [1.29, 1.82) is 0 Å². The summed E-state index contributed by atoms with van der Waals surface area (Å²) in [5.74, 6) is -0.300. The first-order chi connectivity index (χ1) is 12.5. The molecule has 0 N–H and O–H groups in total. The van der Waals surface area contributed by atoms with Crippen molar-refractivity contribution in [1.82, 2.24) is 9.97 Å². The Bertz CT molecular complexity index is 784. The number of carbonyl (C=O) groups excluding carboxylic acids is 2. The maximum absolute atomic E-state index is 12.4. The zero-order valence-electron chi connectivity index (χ0n) is 15.1. The summed E-state index contributed by atoms with van der Waals surface area (Å²) in [6, 6.07) is 6.09. The Morgan fingerprint density at radius 2 is 1.69 bits per heavy atom. The Hall–Kier alpha value is -3.16. The van der Waals surface area contributed by atoms with Crippen LogP contribution in [0.25, 0.3) is 0 Å². The summed E-state index contributed by atoms with van der Waals surface area (Å²) in [5, 5.41) is 0. The van der Waals surface area contributed by atoms with Crippen molar-refractivity contribution >= 4 is 11.8 Å². The lowest BCUT2D eigenvalue weighted by Gasteiger charge is -2.13. The van der Waals surface area contributed by atoms with Crippen molar-refractivity contribution in [2.75, 3.05) is 20.8 Å². The molecule has 8 heteroatoms. The van der Waals surface area contributed by atoms with Crippen LogP contribution >= 0.6 is 0 Å². The standard InChI is InChI=1S/C18H20N2O6/c1-5-12(21)11-8-7-9-13(16(11)17(22)25-6-2)26-18-19-14(23-3)10-15(20-18)24-4/h7-10H,5-6H2,1-4H3. The summed E-state index contributed by atoms with van der Waals surface area (Å²) in [6.45, 7) is 3.55. The predicted molar refractivity (Wildman–Crippen MR) is 92.2 cm³/mol. The average Bonchev–Trinajstić information content (AvgIpc) is 2.66. The van der Waals surface area contributed by atoms with Crippen molar-refractivity contribution in [2.24, 2.45) is 0 Å². The van der Waals surface area contributed by atoms with Gasteiger partial charge in [-0.15, -0.1) is 0 Å². The van der Waals surface area contributed by atoms with E-state index in [9.17, 15) is 9.59 Å². The molecule has 0 spiro atoms. The highest BCUT2D eigenvalue weighted by atomic mass is 16.5. The molecule has 0 aliphatic rings. The third kappa shape index (κ3) is 4.27. The lowest BCUT2D eigenvalue weighted by atomic mass is 10.0. The maximum atomic E-state index is 12.4. The zero-order chi connectivity index (χ0) is 19.1. The number of benzene rings is 1. The number of rotatable bonds is 8. The topological polar surface area (TPSA) is 96.8 Å². The van der Waals surface area contributed by atoms with E-state index in [0.717, 1.165) is 0 Å². The molecule has 0 aliphatic carbocycles. The average molecular weight is 360 g/mol. The molecule has 0 radical (unpaired) electrons. The summed E-state index contributed by atoms with van der Waals surface area (Å²) in [4.78, 5) is 32.7. The van der Waals surface area contributed by atoms with Crippen LogP contribution in [0, 0.1) is 0 Å². The number of Topliss-reactive ketones (excluding diaryl/α,β-unsaturated/α-hetero) is 1. The number of methoxy groups -OCH3 is 2. The molecule has 8 nitrogen and oxygen atoms in total. The lowest BCUT2D eigenvalue weighted by Crippen LogP contribution is -2.13. The number of aromatic nitrogens is 2. The molecule has 138 valence electrons. The molecule has 0 fully saturated rings. The van der Waals surface area contributed by atoms with E-state index in [1.807, 2.05) is 0 Å². The van der Waals surface area contributed by atoms with Crippen molar-refractivity contribution in [3.63, 3.8) is 0 Å². The summed E-state index contributed by atoms with van der Waals surface area (Å²) >= 11 is 0. The number of ether oxygens (including phenoxy) is 4. The minimum atomic E-state index is -0.658. The first kappa shape index (κ1) is 19.2. The Balaban J connectivity index is 2.52. The second-order valence-corrected chi connectivity index (χ2v) is 5.01. The van der Waals surface area contributed by atoms with Crippen LogP contribution in [0.15, 0.2) is 24.3 Å². The van der Waals surface area contributed by atoms with Gasteiger partial charge in [-0.05, 0) is 13.0 Å². The first-order valence-corrected chi connectivity index (χ1v) is 8.02. The maximum Gasteiger partial charge on any atom is 0.342 e. The first-order valence-electron chi connectivity index (χ1n) is 8.02. The van der Waals surface area contributed by atoms with Gasteiger partial charge in [-0.3, -0.25) is 4.79 Å². The molecule has 0 bridgehead atoms. The number of hydrogen-bond acceptors (Lipinski definition) is 8. The Labute approximate surface area is 151 Å². The molecular weight excluding hydrogens is 340 g/mol. The third-order valence-corrected chi connectivity index (χ3v) is 3.41. The number of carbonyl (C=O) groups is 2. The van der Waals surface area contributed by atoms with E-state index in [2.05, 4.69) is 9.97 Å². The van der Waals surface area contributed by atoms with Gasteiger partial charge in [0.05, 0.1) is 26.9 Å². The van der Waals surface area contributed by atoms with Crippen molar-refractivity contribution in [3.8, 4) is 23.5 Å². The molecule has 0 amide bonds. The molecule has 2 aromatic rings. The van der Waals surface area contributed by atoms with E-state index in [0.29, 0.717) is 0 Å². The van der Waals surface area contributed by atoms with Gasteiger partial charge in [-0.1, -0.05) is 19.1 Å². The summed E-state index contributed by atoms with van der Waals surface area (Å²) in [6.07, 6.45) is 0.235. The molecule has 0 atom stereocenters. The van der Waals surface area contributed by atoms with Crippen LogP contribution in [-0.2, 0) is 4.74 Å². The van der Waals surface area contributed by atoms with Crippen LogP contribution in [0.2, 0.25) is 0 Å². The van der Waals surface area contributed by atoms with Gasteiger partial charge in [0.25, 0.3) is 0 Å².